The zero-order chi connectivity index (χ0) is 14.3. The van der Waals surface area contributed by atoms with E-state index in [1.165, 1.54) is 5.56 Å². The number of hydrogen-bond donors (Lipinski definition) is 1. The standard InChI is InChI=1S/C17H25NO/c1-6-10-18-15(5)12-19-17-9-8-13(3)11-16(17)14(4)7-2/h8-9,11,18H,4-7,10,12H2,1-3H3. The summed E-state index contributed by atoms with van der Waals surface area (Å²) >= 11 is 0. The second-order valence-electron chi connectivity index (χ2n) is 4.78. The molecule has 0 aliphatic rings. The van der Waals surface area contributed by atoms with Gasteiger partial charge in [0.25, 0.3) is 0 Å². The molecule has 0 saturated carbocycles. The van der Waals surface area contributed by atoms with Gasteiger partial charge in [-0.1, -0.05) is 38.6 Å². The minimum Gasteiger partial charge on any atom is -0.487 e. The number of nitrogens with one attached hydrogen (secondary N) is 1. The quantitative estimate of drug-likeness (QED) is 0.751. The molecule has 1 aromatic rings. The van der Waals surface area contributed by atoms with E-state index >= 15 is 0 Å². The summed E-state index contributed by atoms with van der Waals surface area (Å²) in [6.07, 6.45) is 2.01. The first-order chi connectivity index (χ1) is 9.08. The van der Waals surface area contributed by atoms with Gasteiger partial charge in [-0.05, 0) is 37.5 Å². The minimum absolute atomic E-state index is 0.493. The van der Waals surface area contributed by atoms with Crippen LogP contribution in [0.15, 0.2) is 37.1 Å². The summed E-state index contributed by atoms with van der Waals surface area (Å²) in [5, 5.41) is 3.23. The summed E-state index contributed by atoms with van der Waals surface area (Å²) in [7, 11) is 0. The molecule has 104 valence electrons. The number of rotatable bonds is 8. The molecule has 1 N–H and O–H groups in total. The highest BCUT2D eigenvalue weighted by atomic mass is 16.5. The van der Waals surface area contributed by atoms with Crippen LogP contribution in [0.1, 0.15) is 37.8 Å². The Bertz CT molecular complexity index is 449. The fourth-order valence-electron chi connectivity index (χ4n) is 1.75. The van der Waals surface area contributed by atoms with Crippen LogP contribution < -0.4 is 10.1 Å². The molecule has 0 atom stereocenters. The number of aryl methyl sites for hydroxylation is 1. The van der Waals surface area contributed by atoms with Gasteiger partial charge in [0, 0.05) is 17.8 Å². The lowest BCUT2D eigenvalue weighted by Crippen LogP contribution is -2.18. The summed E-state index contributed by atoms with van der Waals surface area (Å²) in [6.45, 7) is 15.8. The van der Waals surface area contributed by atoms with Gasteiger partial charge in [0.05, 0.1) is 0 Å². The molecule has 1 aromatic carbocycles. The Labute approximate surface area is 117 Å². The van der Waals surface area contributed by atoms with E-state index in [2.05, 4.69) is 51.4 Å². The van der Waals surface area contributed by atoms with Crippen LogP contribution in [0.3, 0.4) is 0 Å². The first-order valence-electron chi connectivity index (χ1n) is 6.91. The van der Waals surface area contributed by atoms with E-state index in [1.54, 1.807) is 0 Å². The number of hydrogen-bond acceptors (Lipinski definition) is 2. The molecule has 2 heteroatoms. The molecule has 19 heavy (non-hydrogen) atoms. The van der Waals surface area contributed by atoms with E-state index < -0.39 is 0 Å². The third-order valence-electron chi connectivity index (χ3n) is 2.97. The molecule has 1 rings (SSSR count). The van der Waals surface area contributed by atoms with Gasteiger partial charge in [0.1, 0.15) is 12.4 Å². The predicted molar refractivity (Wildman–Crippen MR) is 83.4 cm³/mol. The first-order valence-corrected chi connectivity index (χ1v) is 6.91. The van der Waals surface area contributed by atoms with E-state index in [0.717, 1.165) is 42.0 Å². The molecule has 0 heterocycles. The molecule has 0 bridgehead atoms. The average molecular weight is 259 g/mol. The molecular formula is C17H25NO. The number of benzene rings is 1. The molecule has 0 fully saturated rings. The van der Waals surface area contributed by atoms with Gasteiger partial charge in [-0.25, -0.2) is 0 Å². The van der Waals surface area contributed by atoms with Crippen molar-refractivity contribution in [2.45, 2.75) is 33.6 Å². The number of allylic oxidation sites excluding steroid dienone is 1. The zero-order valence-electron chi connectivity index (χ0n) is 12.4. The molecule has 0 saturated heterocycles. The monoisotopic (exact) mass is 259 g/mol. The van der Waals surface area contributed by atoms with Gasteiger partial charge in [-0.2, -0.15) is 0 Å². The maximum atomic E-state index is 5.85. The maximum absolute atomic E-state index is 5.85. The van der Waals surface area contributed by atoms with Crippen LogP contribution in [0.4, 0.5) is 0 Å². The summed E-state index contributed by atoms with van der Waals surface area (Å²) < 4.78 is 5.85. The van der Waals surface area contributed by atoms with Crippen LogP contribution in [-0.2, 0) is 0 Å². The highest BCUT2D eigenvalue weighted by Gasteiger charge is 2.07. The summed E-state index contributed by atoms with van der Waals surface area (Å²) in [5.74, 6) is 0.886. The van der Waals surface area contributed by atoms with E-state index in [1.807, 2.05) is 6.07 Å². The summed E-state index contributed by atoms with van der Waals surface area (Å²) in [5.41, 5.74) is 4.34. The van der Waals surface area contributed by atoms with Crippen molar-refractivity contribution in [1.29, 1.82) is 0 Å². The van der Waals surface area contributed by atoms with E-state index in [4.69, 9.17) is 4.74 Å². The molecule has 0 aliphatic heterocycles. The Balaban J connectivity index is 2.72. The van der Waals surface area contributed by atoms with Crippen molar-refractivity contribution in [2.24, 2.45) is 0 Å². The molecule has 0 unspecified atom stereocenters. The van der Waals surface area contributed by atoms with E-state index in [-0.39, 0.29) is 0 Å². The van der Waals surface area contributed by atoms with Crippen molar-refractivity contribution in [3.8, 4) is 5.75 Å². The lowest BCUT2D eigenvalue weighted by molar-refractivity contribution is 0.342. The SMILES string of the molecule is C=C(COc1ccc(C)cc1C(=C)CC)NCCC. The van der Waals surface area contributed by atoms with Crippen molar-refractivity contribution >= 4 is 5.57 Å². The summed E-state index contributed by atoms with van der Waals surface area (Å²) in [6, 6.07) is 6.20. The Kier molecular flexibility index (Phi) is 6.20. The van der Waals surface area contributed by atoms with Crippen molar-refractivity contribution < 1.29 is 4.74 Å². The van der Waals surface area contributed by atoms with Crippen molar-refractivity contribution in [1.82, 2.24) is 5.32 Å². The molecule has 0 amide bonds. The normalized spacial score (nSPS) is 10.1. The molecule has 2 nitrogen and oxygen atoms in total. The lowest BCUT2D eigenvalue weighted by Gasteiger charge is -2.15. The van der Waals surface area contributed by atoms with Crippen LogP contribution in [0.25, 0.3) is 5.57 Å². The highest BCUT2D eigenvalue weighted by Crippen LogP contribution is 2.28. The Hall–Kier alpha value is -1.70. The van der Waals surface area contributed by atoms with Crippen LogP contribution >= 0.6 is 0 Å². The molecule has 0 radical (unpaired) electrons. The average Bonchev–Trinajstić information content (AvgIpc) is 2.42. The topological polar surface area (TPSA) is 21.3 Å². The first kappa shape index (κ1) is 15.4. The van der Waals surface area contributed by atoms with Gasteiger partial charge in [-0.3, -0.25) is 0 Å². The largest absolute Gasteiger partial charge is 0.487 e. The van der Waals surface area contributed by atoms with Crippen LogP contribution in [0.5, 0.6) is 5.75 Å². The maximum Gasteiger partial charge on any atom is 0.127 e. The molecular weight excluding hydrogens is 234 g/mol. The van der Waals surface area contributed by atoms with Crippen molar-refractivity contribution in [3.05, 3.63) is 48.2 Å². The Morgan fingerprint density at radius 2 is 2.00 bits per heavy atom. The van der Waals surface area contributed by atoms with Gasteiger partial charge >= 0.3 is 0 Å². The van der Waals surface area contributed by atoms with Gasteiger partial charge in [0.2, 0.25) is 0 Å². The molecule has 0 aliphatic carbocycles. The molecule has 0 aromatic heterocycles. The van der Waals surface area contributed by atoms with Gasteiger partial charge in [-0.15, -0.1) is 0 Å². The second-order valence-corrected chi connectivity index (χ2v) is 4.78. The van der Waals surface area contributed by atoms with Gasteiger partial charge < -0.3 is 10.1 Å². The Morgan fingerprint density at radius 1 is 1.26 bits per heavy atom. The minimum atomic E-state index is 0.493. The van der Waals surface area contributed by atoms with Crippen molar-refractivity contribution in [3.63, 3.8) is 0 Å². The molecule has 0 spiro atoms. The highest BCUT2D eigenvalue weighted by molar-refractivity contribution is 5.69. The van der Waals surface area contributed by atoms with Crippen molar-refractivity contribution in [2.75, 3.05) is 13.2 Å². The van der Waals surface area contributed by atoms with Crippen LogP contribution in [0.2, 0.25) is 0 Å². The van der Waals surface area contributed by atoms with E-state index in [9.17, 15) is 0 Å². The fraction of sp³-hybridized carbons (Fsp3) is 0.412. The van der Waals surface area contributed by atoms with Crippen LogP contribution in [0, 0.1) is 6.92 Å². The smallest absolute Gasteiger partial charge is 0.127 e. The third kappa shape index (κ3) is 4.82. The van der Waals surface area contributed by atoms with Crippen LogP contribution in [-0.4, -0.2) is 13.2 Å². The zero-order valence-corrected chi connectivity index (χ0v) is 12.4. The van der Waals surface area contributed by atoms with Gasteiger partial charge in [0.15, 0.2) is 0 Å². The third-order valence-corrected chi connectivity index (χ3v) is 2.97. The number of ether oxygens (including phenoxy) is 1. The van der Waals surface area contributed by atoms with E-state index in [0.29, 0.717) is 6.61 Å². The fourth-order valence-corrected chi connectivity index (χ4v) is 1.75. The lowest BCUT2D eigenvalue weighted by atomic mass is 10.0. The summed E-state index contributed by atoms with van der Waals surface area (Å²) in [4.78, 5) is 0. The second kappa shape index (κ2) is 7.67. The Morgan fingerprint density at radius 3 is 2.63 bits per heavy atom. The predicted octanol–water partition coefficient (Wildman–Crippen LogP) is 4.31.